The lowest BCUT2D eigenvalue weighted by Crippen LogP contribution is -2.31. The second-order valence-corrected chi connectivity index (χ2v) is 9.21. The minimum absolute atomic E-state index is 0.0832. The third-order valence-electron chi connectivity index (χ3n) is 4.98. The minimum atomic E-state index is -3.45. The molecule has 31 heavy (non-hydrogen) atoms. The van der Waals surface area contributed by atoms with Crippen molar-refractivity contribution in [3.63, 3.8) is 0 Å². The molecule has 1 heterocycles. The van der Waals surface area contributed by atoms with Gasteiger partial charge in [0.15, 0.2) is 9.84 Å². The Kier molecular flexibility index (Phi) is 6.35. The number of methoxy groups -OCH3 is 2. The van der Waals surface area contributed by atoms with E-state index in [0.717, 1.165) is 6.26 Å². The van der Waals surface area contributed by atoms with Gasteiger partial charge in [-0.25, -0.2) is 13.4 Å². The van der Waals surface area contributed by atoms with Crippen molar-refractivity contribution in [2.75, 3.05) is 20.5 Å². The molecule has 0 aliphatic carbocycles. The number of rotatable bonds is 7. The van der Waals surface area contributed by atoms with E-state index in [9.17, 15) is 13.2 Å². The maximum Gasteiger partial charge on any atom is 0.252 e. The van der Waals surface area contributed by atoms with Crippen molar-refractivity contribution >= 4 is 15.7 Å². The first-order valence-electron chi connectivity index (χ1n) is 9.45. The van der Waals surface area contributed by atoms with Crippen molar-refractivity contribution < 1.29 is 22.7 Å². The molecule has 1 atom stereocenters. The molecule has 0 bridgehead atoms. The smallest absolute Gasteiger partial charge is 0.252 e. The van der Waals surface area contributed by atoms with Crippen LogP contribution in [-0.4, -0.2) is 44.4 Å². The van der Waals surface area contributed by atoms with Crippen LogP contribution >= 0.6 is 0 Å². The summed E-state index contributed by atoms with van der Waals surface area (Å²) < 4.78 is 36.5. The highest BCUT2D eigenvalue weighted by Crippen LogP contribution is 2.30. The van der Waals surface area contributed by atoms with E-state index >= 15 is 0 Å². The third kappa shape index (κ3) is 4.88. The number of aromatic nitrogens is 2. The average molecular weight is 444 g/mol. The normalized spacial score (nSPS) is 12.3. The summed E-state index contributed by atoms with van der Waals surface area (Å²) in [5.74, 6) is 1.31. The number of aryl methyl sites for hydroxylation is 2. The zero-order chi connectivity index (χ0) is 22.8. The van der Waals surface area contributed by atoms with Gasteiger partial charge in [0.2, 0.25) is 0 Å². The molecule has 2 aromatic carbocycles. The Morgan fingerprint density at radius 3 is 2.26 bits per heavy atom. The number of carbonyl (C=O) groups excluding carboxylic acids is 1. The number of carbonyl (C=O) groups is 1. The number of nitrogens with one attached hydrogen (secondary N) is 1. The zero-order valence-electron chi connectivity index (χ0n) is 18.0. The van der Waals surface area contributed by atoms with Crippen molar-refractivity contribution in [3.05, 3.63) is 71.3 Å². The fraction of sp³-hybridized carbons (Fsp3) is 0.273. The van der Waals surface area contributed by atoms with Gasteiger partial charge in [0.05, 0.1) is 19.1 Å². The molecule has 0 saturated carbocycles. The van der Waals surface area contributed by atoms with E-state index in [0.29, 0.717) is 28.5 Å². The lowest BCUT2D eigenvalue weighted by atomic mass is 10.0. The highest BCUT2D eigenvalue weighted by atomic mass is 32.2. The molecule has 1 aromatic heterocycles. The van der Waals surface area contributed by atoms with Crippen molar-refractivity contribution in [1.29, 1.82) is 0 Å². The quantitative estimate of drug-likeness (QED) is 0.603. The topological polar surface area (TPSA) is 99.5 Å². The first-order chi connectivity index (χ1) is 14.6. The number of imidazole rings is 1. The van der Waals surface area contributed by atoms with Gasteiger partial charge in [0.1, 0.15) is 23.4 Å². The first kappa shape index (κ1) is 22.4. The van der Waals surface area contributed by atoms with Crippen LogP contribution in [-0.2, 0) is 16.9 Å². The van der Waals surface area contributed by atoms with Gasteiger partial charge < -0.3 is 19.4 Å². The Bertz CT molecular complexity index is 1200. The summed E-state index contributed by atoms with van der Waals surface area (Å²) >= 11 is 0. The highest BCUT2D eigenvalue weighted by Gasteiger charge is 2.24. The van der Waals surface area contributed by atoms with Gasteiger partial charge >= 0.3 is 0 Å². The van der Waals surface area contributed by atoms with E-state index < -0.39 is 21.8 Å². The predicted molar refractivity (Wildman–Crippen MR) is 116 cm³/mol. The SMILES string of the molecule is COc1cc(OC)cc([C@H](NC(=O)c2cc(S(C)(=O)=O)ccc2C)c2nccn2C)c1. The van der Waals surface area contributed by atoms with Crippen LogP contribution in [0.5, 0.6) is 11.5 Å². The molecule has 0 unspecified atom stereocenters. The summed E-state index contributed by atoms with van der Waals surface area (Å²) in [7, 11) is 1.47. The Hall–Kier alpha value is -3.33. The summed E-state index contributed by atoms with van der Waals surface area (Å²) in [6.07, 6.45) is 4.53. The Morgan fingerprint density at radius 1 is 1.10 bits per heavy atom. The van der Waals surface area contributed by atoms with Crippen LogP contribution in [0.2, 0.25) is 0 Å². The van der Waals surface area contributed by atoms with Crippen molar-refractivity contribution in [3.8, 4) is 11.5 Å². The van der Waals surface area contributed by atoms with Crippen LogP contribution in [0.25, 0.3) is 0 Å². The van der Waals surface area contributed by atoms with Crippen LogP contribution in [0.3, 0.4) is 0 Å². The fourth-order valence-electron chi connectivity index (χ4n) is 3.23. The van der Waals surface area contributed by atoms with Gasteiger partial charge in [0.25, 0.3) is 5.91 Å². The average Bonchev–Trinajstić information content (AvgIpc) is 3.16. The number of amides is 1. The number of hydrogen-bond acceptors (Lipinski definition) is 6. The Balaban J connectivity index is 2.07. The second kappa shape index (κ2) is 8.81. The van der Waals surface area contributed by atoms with Gasteiger partial charge in [-0.1, -0.05) is 6.07 Å². The lowest BCUT2D eigenvalue weighted by molar-refractivity contribution is 0.0940. The number of hydrogen-bond donors (Lipinski definition) is 1. The van der Waals surface area contributed by atoms with Crippen molar-refractivity contribution in [1.82, 2.24) is 14.9 Å². The van der Waals surface area contributed by atoms with Crippen LogP contribution in [0.1, 0.15) is 33.4 Å². The van der Waals surface area contributed by atoms with E-state index in [1.807, 2.05) is 7.05 Å². The highest BCUT2D eigenvalue weighted by molar-refractivity contribution is 7.90. The lowest BCUT2D eigenvalue weighted by Gasteiger charge is -2.21. The minimum Gasteiger partial charge on any atom is -0.497 e. The first-order valence-corrected chi connectivity index (χ1v) is 11.3. The molecular formula is C22H25N3O5S. The Labute approximate surface area is 181 Å². The molecule has 3 aromatic rings. The summed E-state index contributed by atoms with van der Waals surface area (Å²) in [6, 6.07) is 9.20. The van der Waals surface area contributed by atoms with E-state index in [4.69, 9.17) is 9.47 Å². The van der Waals surface area contributed by atoms with Gasteiger partial charge in [-0.3, -0.25) is 4.79 Å². The van der Waals surface area contributed by atoms with E-state index in [1.165, 1.54) is 12.1 Å². The molecular weight excluding hydrogens is 418 g/mol. The van der Waals surface area contributed by atoms with Crippen LogP contribution in [0.4, 0.5) is 0 Å². The fourth-order valence-corrected chi connectivity index (χ4v) is 3.88. The molecule has 0 saturated heterocycles. The van der Waals surface area contributed by atoms with E-state index in [2.05, 4.69) is 10.3 Å². The molecule has 1 amide bonds. The molecule has 3 rings (SSSR count). The summed E-state index contributed by atoms with van der Waals surface area (Å²) in [5.41, 5.74) is 1.64. The largest absolute Gasteiger partial charge is 0.497 e. The summed E-state index contributed by atoms with van der Waals surface area (Å²) in [4.78, 5) is 17.7. The number of ether oxygens (including phenoxy) is 2. The number of sulfone groups is 1. The van der Waals surface area contributed by atoms with Crippen molar-refractivity contribution in [2.24, 2.45) is 7.05 Å². The van der Waals surface area contributed by atoms with Gasteiger partial charge in [-0.05, 0) is 42.3 Å². The van der Waals surface area contributed by atoms with Gasteiger partial charge in [0, 0.05) is 37.3 Å². The van der Waals surface area contributed by atoms with E-state index in [-0.39, 0.29) is 10.5 Å². The number of nitrogens with zero attached hydrogens (tertiary/aromatic N) is 2. The van der Waals surface area contributed by atoms with Gasteiger partial charge in [-0.15, -0.1) is 0 Å². The third-order valence-corrected chi connectivity index (χ3v) is 6.09. The van der Waals surface area contributed by atoms with Crippen LogP contribution < -0.4 is 14.8 Å². The van der Waals surface area contributed by atoms with Crippen LogP contribution in [0, 0.1) is 6.92 Å². The summed E-state index contributed by atoms with van der Waals surface area (Å²) in [6.45, 7) is 1.76. The standard InChI is InChI=1S/C22H25N3O5S/c1-14-6-7-18(31(5,27)28)13-19(14)22(26)24-20(21-23-8-9-25(21)2)15-10-16(29-3)12-17(11-15)30-4/h6-13,20H,1-5H3,(H,24,26)/t20-/m0/s1. The van der Waals surface area contributed by atoms with E-state index in [1.54, 1.807) is 62.4 Å². The van der Waals surface area contributed by atoms with Gasteiger partial charge in [-0.2, -0.15) is 0 Å². The monoisotopic (exact) mass is 443 g/mol. The second-order valence-electron chi connectivity index (χ2n) is 7.20. The maximum atomic E-state index is 13.2. The molecule has 0 spiro atoms. The molecule has 1 N–H and O–H groups in total. The number of benzene rings is 2. The van der Waals surface area contributed by atoms with Crippen molar-refractivity contribution in [2.45, 2.75) is 17.9 Å². The molecule has 9 heteroatoms. The zero-order valence-corrected chi connectivity index (χ0v) is 18.9. The Morgan fingerprint density at radius 2 is 1.74 bits per heavy atom. The molecule has 0 aliphatic heterocycles. The predicted octanol–water partition coefficient (Wildman–Crippen LogP) is 2.67. The molecule has 0 fully saturated rings. The van der Waals surface area contributed by atoms with Crippen LogP contribution in [0.15, 0.2) is 53.7 Å². The molecule has 0 aliphatic rings. The maximum absolute atomic E-state index is 13.2. The molecule has 8 nitrogen and oxygen atoms in total. The molecule has 164 valence electrons. The molecule has 0 radical (unpaired) electrons. The summed E-state index contributed by atoms with van der Waals surface area (Å²) in [5, 5.41) is 2.99.